The molecular formula is C15H17N3O. The third-order valence-electron chi connectivity index (χ3n) is 2.86. The number of para-hydroxylation sites is 1. The molecule has 2 aromatic rings. The molecule has 19 heavy (non-hydrogen) atoms. The van der Waals surface area contributed by atoms with E-state index in [-0.39, 0.29) is 5.91 Å². The summed E-state index contributed by atoms with van der Waals surface area (Å²) in [6.45, 7) is 0.608. The van der Waals surface area contributed by atoms with Gasteiger partial charge in [0, 0.05) is 24.6 Å². The number of anilines is 1. The molecule has 0 bridgehead atoms. The molecular weight excluding hydrogens is 238 g/mol. The number of nitrogen functional groups attached to an aromatic ring is 1. The number of carbonyl (C=O) groups excluding carboxylic acids is 1. The van der Waals surface area contributed by atoms with Crippen molar-refractivity contribution in [3.8, 4) is 0 Å². The molecule has 4 heteroatoms. The zero-order valence-corrected chi connectivity index (χ0v) is 10.7. The predicted molar refractivity (Wildman–Crippen MR) is 75.5 cm³/mol. The molecule has 3 N–H and O–H groups in total. The lowest BCUT2D eigenvalue weighted by Crippen LogP contribution is -2.27. The number of rotatable bonds is 5. The summed E-state index contributed by atoms with van der Waals surface area (Å²) in [6.07, 6.45) is 4.64. The van der Waals surface area contributed by atoms with E-state index in [1.54, 1.807) is 18.5 Å². The highest BCUT2D eigenvalue weighted by Gasteiger charge is 2.05. The van der Waals surface area contributed by atoms with Crippen LogP contribution in [0.1, 0.15) is 11.1 Å². The fraction of sp³-hybridized carbons (Fsp3) is 0.200. The normalized spacial score (nSPS) is 10.1. The van der Waals surface area contributed by atoms with Crippen molar-refractivity contribution in [3.63, 3.8) is 0 Å². The Balaban J connectivity index is 1.78. The Morgan fingerprint density at radius 3 is 2.79 bits per heavy atom. The minimum absolute atomic E-state index is 0.0122. The highest BCUT2D eigenvalue weighted by Crippen LogP contribution is 2.10. The summed E-state index contributed by atoms with van der Waals surface area (Å²) in [5.74, 6) is -0.0122. The van der Waals surface area contributed by atoms with E-state index in [1.807, 2.05) is 30.3 Å². The largest absolute Gasteiger partial charge is 0.398 e. The van der Waals surface area contributed by atoms with Gasteiger partial charge < -0.3 is 11.1 Å². The Morgan fingerprint density at radius 2 is 2.05 bits per heavy atom. The van der Waals surface area contributed by atoms with Gasteiger partial charge in [-0.25, -0.2) is 0 Å². The molecule has 0 saturated heterocycles. The van der Waals surface area contributed by atoms with E-state index < -0.39 is 0 Å². The lowest BCUT2D eigenvalue weighted by atomic mass is 10.1. The molecule has 0 radical (unpaired) electrons. The lowest BCUT2D eigenvalue weighted by molar-refractivity contribution is -0.120. The molecule has 0 aliphatic heterocycles. The number of nitrogens with one attached hydrogen (secondary N) is 1. The molecule has 0 spiro atoms. The molecule has 0 aliphatic carbocycles. The summed E-state index contributed by atoms with van der Waals surface area (Å²) in [4.78, 5) is 15.8. The Bertz CT molecular complexity index is 540. The van der Waals surface area contributed by atoms with E-state index in [4.69, 9.17) is 5.73 Å². The van der Waals surface area contributed by atoms with Gasteiger partial charge in [0.1, 0.15) is 0 Å². The van der Waals surface area contributed by atoms with Crippen molar-refractivity contribution in [3.05, 3.63) is 59.9 Å². The lowest BCUT2D eigenvalue weighted by Gasteiger charge is -2.07. The fourth-order valence-electron chi connectivity index (χ4n) is 1.82. The summed E-state index contributed by atoms with van der Waals surface area (Å²) >= 11 is 0. The smallest absolute Gasteiger partial charge is 0.224 e. The van der Waals surface area contributed by atoms with Crippen LogP contribution < -0.4 is 11.1 Å². The number of hydrogen-bond donors (Lipinski definition) is 2. The number of nitrogens with two attached hydrogens (primary N) is 1. The van der Waals surface area contributed by atoms with Crippen LogP contribution >= 0.6 is 0 Å². The molecule has 98 valence electrons. The zero-order valence-electron chi connectivity index (χ0n) is 10.7. The third-order valence-corrected chi connectivity index (χ3v) is 2.86. The first-order chi connectivity index (χ1) is 9.25. The quantitative estimate of drug-likeness (QED) is 0.797. The van der Waals surface area contributed by atoms with Crippen molar-refractivity contribution in [1.29, 1.82) is 0 Å². The van der Waals surface area contributed by atoms with Gasteiger partial charge >= 0.3 is 0 Å². The Labute approximate surface area is 112 Å². The van der Waals surface area contributed by atoms with Crippen LogP contribution in [0.5, 0.6) is 0 Å². The van der Waals surface area contributed by atoms with E-state index in [0.717, 1.165) is 17.5 Å². The molecule has 0 fully saturated rings. The van der Waals surface area contributed by atoms with Crippen molar-refractivity contribution in [1.82, 2.24) is 10.3 Å². The van der Waals surface area contributed by atoms with Gasteiger partial charge in [0.25, 0.3) is 0 Å². The van der Waals surface area contributed by atoms with Gasteiger partial charge in [-0.3, -0.25) is 9.78 Å². The summed E-state index contributed by atoms with van der Waals surface area (Å²) in [6, 6.07) is 11.3. The van der Waals surface area contributed by atoms with E-state index >= 15 is 0 Å². The summed E-state index contributed by atoms with van der Waals surface area (Å²) in [5.41, 5.74) is 8.43. The number of aromatic nitrogens is 1. The maximum Gasteiger partial charge on any atom is 0.224 e. The zero-order chi connectivity index (χ0) is 13.5. The van der Waals surface area contributed by atoms with E-state index in [9.17, 15) is 4.79 Å². The molecule has 0 unspecified atom stereocenters. The van der Waals surface area contributed by atoms with Crippen LogP contribution in [0.25, 0.3) is 0 Å². The van der Waals surface area contributed by atoms with Crippen molar-refractivity contribution in [2.24, 2.45) is 0 Å². The first-order valence-electron chi connectivity index (χ1n) is 6.24. The second-order valence-electron chi connectivity index (χ2n) is 4.34. The van der Waals surface area contributed by atoms with Crippen molar-refractivity contribution >= 4 is 11.6 Å². The van der Waals surface area contributed by atoms with Crippen LogP contribution in [-0.2, 0) is 17.6 Å². The highest BCUT2D eigenvalue weighted by atomic mass is 16.1. The number of carbonyl (C=O) groups is 1. The molecule has 1 aromatic carbocycles. The average Bonchev–Trinajstić information content (AvgIpc) is 2.43. The second-order valence-corrected chi connectivity index (χ2v) is 4.34. The molecule has 1 aromatic heterocycles. The molecule has 0 aliphatic rings. The van der Waals surface area contributed by atoms with Crippen LogP contribution in [0.15, 0.2) is 48.8 Å². The van der Waals surface area contributed by atoms with Gasteiger partial charge in [-0.1, -0.05) is 24.3 Å². The summed E-state index contributed by atoms with van der Waals surface area (Å²) in [7, 11) is 0. The Hall–Kier alpha value is -2.36. The van der Waals surface area contributed by atoms with E-state index in [0.29, 0.717) is 18.7 Å². The molecule has 0 saturated carbocycles. The monoisotopic (exact) mass is 255 g/mol. The predicted octanol–water partition coefficient (Wildman–Crippen LogP) is 1.57. The number of amides is 1. The van der Waals surface area contributed by atoms with Crippen LogP contribution in [0.3, 0.4) is 0 Å². The van der Waals surface area contributed by atoms with Gasteiger partial charge in [0.05, 0.1) is 6.42 Å². The van der Waals surface area contributed by atoms with E-state index in [2.05, 4.69) is 10.3 Å². The van der Waals surface area contributed by atoms with Crippen LogP contribution in [0.4, 0.5) is 5.69 Å². The molecule has 2 rings (SSSR count). The minimum Gasteiger partial charge on any atom is -0.398 e. The number of benzene rings is 1. The SMILES string of the molecule is Nc1ccccc1CC(=O)NCCc1cccnc1. The Kier molecular flexibility index (Phi) is 4.50. The molecule has 1 heterocycles. The average molecular weight is 255 g/mol. The number of nitrogens with zero attached hydrogens (tertiary/aromatic N) is 1. The second kappa shape index (κ2) is 6.54. The van der Waals surface area contributed by atoms with Gasteiger partial charge in [0.2, 0.25) is 5.91 Å². The standard InChI is InChI=1S/C15H17N3O/c16-14-6-2-1-5-13(14)10-15(19)18-9-7-12-4-3-8-17-11-12/h1-6,8,11H,7,9-10,16H2,(H,18,19). The van der Waals surface area contributed by atoms with Crippen molar-refractivity contribution in [2.45, 2.75) is 12.8 Å². The van der Waals surface area contributed by atoms with Gasteiger partial charge in [-0.15, -0.1) is 0 Å². The maximum atomic E-state index is 11.8. The van der Waals surface area contributed by atoms with Crippen molar-refractivity contribution in [2.75, 3.05) is 12.3 Å². The highest BCUT2D eigenvalue weighted by molar-refractivity contribution is 5.80. The van der Waals surface area contributed by atoms with Gasteiger partial charge in [0.15, 0.2) is 0 Å². The molecule has 1 amide bonds. The van der Waals surface area contributed by atoms with Gasteiger partial charge in [-0.2, -0.15) is 0 Å². The molecule has 4 nitrogen and oxygen atoms in total. The van der Waals surface area contributed by atoms with Gasteiger partial charge in [-0.05, 0) is 29.7 Å². The summed E-state index contributed by atoms with van der Waals surface area (Å²) in [5, 5.41) is 2.88. The Morgan fingerprint density at radius 1 is 1.21 bits per heavy atom. The minimum atomic E-state index is -0.0122. The van der Waals surface area contributed by atoms with Crippen molar-refractivity contribution < 1.29 is 4.79 Å². The first kappa shape index (κ1) is 13.1. The van der Waals surface area contributed by atoms with Crippen LogP contribution in [0, 0.1) is 0 Å². The third kappa shape index (κ3) is 4.10. The van der Waals surface area contributed by atoms with E-state index in [1.165, 1.54) is 0 Å². The maximum absolute atomic E-state index is 11.8. The van der Waals surface area contributed by atoms with Crippen LogP contribution in [0.2, 0.25) is 0 Å². The fourth-order valence-corrected chi connectivity index (χ4v) is 1.82. The topological polar surface area (TPSA) is 68.0 Å². The first-order valence-corrected chi connectivity index (χ1v) is 6.24. The number of pyridine rings is 1. The van der Waals surface area contributed by atoms with Crippen LogP contribution in [-0.4, -0.2) is 17.4 Å². The molecule has 0 atom stereocenters. The number of hydrogen-bond acceptors (Lipinski definition) is 3. The summed E-state index contributed by atoms with van der Waals surface area (Å²) < 4.78 is 0.